The molecule has 1 atom stereocenters. The van der Waals surface area contributed by atoms with Crippen LogP contribution in [0.1, 0.15) is 34.1 Å². The van der Waals surface area contributed by atoms with Crippen molar-refractivity contribution in [2.75, 3.05) is 23.9 Å². The van der Waals surface area contributed by atoms with Gasteiger partial charge in [0, 0.05) is 23.2 Å². The summed E-state index contributed by atoms with van der Waals surface area (Å²) in [6.45, 7) is 4.66. The number of halogens is 1. The Morgan fingerprint density at radius 3 is 2.75 bits per heavy atom. The summed E-state index contributed by atoms with van der Waals surface area (Å²) in [6, 6.07) is 0. The number of alkyl halides is 1. The largest absolute Gasteiger partial charge is 0.465 e. The van der Waals surface area contributed by atoms with E-state index >= 15 is 0 Å². The van der Waals surface area contributed by atoms with Gasteiger partial charge in [-0.25, -0.2) is 4.79 Å². The number of rotatable bonds is 4. The Morgan fingerprint density at radius 2 is 2.25 bits per heavy atom. The van der Waals surface area contributed by atoms with Crippen LogP contribution >= 0.6 is 27.3 Å². The first-order valence-electron chi connectivity index (χ1n) is 6.60. The van der Waals surface area contributed by atoms with Crippen LogP contribution in [0.25, 0.3) is 0 Å². The van der Waals surface area contributed by atoms with Gasteiger partial charge in [0.1, 0.15) is 5.00 Å². The van der Waals surface area contributed by atoms with Gasteiger partial charge in [-0.05, 0) is 24.8 Å². The summed E-state index contributed by atoms with van der Waals surface area (Å²) in [4.78, 5) is 27.1. The average Bonchev–Trinajstić information content (AvgIpc) is 2.97. The van der Waals surface area contributed by atoms with Gasteiger partial charge >= 0.3 is 5.97 Å². The normalized spacial score (nSPS) is 18.7. The van der Waals surface area contributed by atoms with E-state index in [-0.39, 0.29) is 11.9 Å². The molecule has 0 saturated carbocycles. The molecule has 1 unspecified atom stereocenters. The first-order chi connectivity index (χ1) is 9.53. The van der Waals surface area contributed by atoms with Gasteiger partial charge in [-0.3, -0.25) is 4.79 Å². The minimum absolute atomic E-state index is 0.0866. The molecule has 0 aromatic carbocycles. The quantitative estimate of drug-likeness (QED) is 0.612. The summed E-state index contributed by atoms with van der Waals surface area (Å²) in [6.07, 6.45) is 1.29. The van der Waals surface area contributed by atoms with Crippen LogP contribution in [-0.2, 0) is 16.0 Å². The van der Waals surface area contributed by atoms with Crippen molar-refractivity contribution in [3.8, 4) is 0 Å². The molecule has 1 amide bonds. The number of esters is 1. The second-order valence-corrected chi connectivity index (χ2v) is 6.74. The average molecular weight is 360 g/mol. The molecule has 20 heavy (non-hydrogen) atoms. The lowest BCUT2D eigenvalue weighted by Gasteiger charge is -2.16. The van der Waals surface area contributed by atoms with Crippen LogP contribution in [0, 0.1) is 12.8 Å². The first kappa shape index (κ1) is 15.5. The molecule has 1 aliphatic heterocycles. The maximum absolute atomic E-state index is 12.2. The number of methoxy groups -OCH3 is 1. The van der Waals surface area contributed by atoms with Crippen molar-refractivity contribution in [1.82, 2.24) is 0 Å². The molecule has 1 aromatic heterocycles. The second kappa shape index (κ2) is 6.26. The minimum Gasteiger partial charge on any atom is -0.465 e. The van der Waals surface area contributed by atoms with Gasteiger partial charge in [-0.1, -0.05) is 22.9 Å². The molecule has 0 radical (unpaired) electrons. The molecule has 0 aliphatic carbocycles. The van der Waals surface area contributed by atoms with Crippen molar-refractivity contribution >= 4 is 44.1 Å². The van der Waals surface area contributed by atoms with Gasteiger partial charge in [0.25, 0.3) is 0 Å². The SMILES string of the molecule is CCc1c(C)sc(N2CC(CBr)CC2=O)c1C(=O)OC. The van der Waals surface area contributed by atoms with Gasteiger partial charge in [0.05, 0.1) is 12.7 Å². The molecule has 0 spiro atoms. The van der Waals surface area contributed by atoms with Gasteiger partial charge in [-0.2, -0.15) is 0 Å². The fraction of sp³-hybridized carbons (Fsp3) is 0.571. The van der Waals surface area contributed by atoms with Crippen molar-refractivity contribution in [3.63, 3.8) is 0 Å². The number of nitrogens with zero attached hydrogens (tertiary/aromatic N) is 1. The number of hydrogen-bond donors (Lipinski definition) is 0. The van der Waals surface area contributed by atoms with E-state index in [2.05, 4.69) is 15.9 Å². The standard InChI is InChI=1S/C14H18BrNO3S/c1-4-10-8(2)20-13(12(10)14(18)19-3)16-7-9(6-15)5-11(16)17/h9H,4-7H2,1-3H3. The third-order valence-corrected chi connectivity index (χ3v) is 5.69. The summed E-state index contributed by atoms with van der Waals surface area (Å²) >= 11 is 4.94. The number of amides is 1. The van der Waals surface area contributed by atoms with E-state index in [0.29, 0.717) is 24.4 Å². The zero-order valence-corrected chi connectivity index (χ0v) is 14.3. The van der Waals surface area contributed by atoms with E-state index in [1.807, 2.05) is 13.8 Å². The van der Waals surface area contributed by atoms with E-state index in [9.17, 15) is 9.59 Å². The zero-order chi connectivity index (χ0) is 14.9. The van der Waals surface area contributed by atoms with Gasteiger partial charge in [-0.15, -0.1) is 11.3 Å². The third-order valence-electron chi connectivity index (χ3n) is 3.60. The van der Waals surface area contributed by atoms with Gasteiger partial charge < -0.3 is 9.64 Å². The molecule has 110 valence electrons. The monoisotopic (exact) mass is 359 g/mol. The Labute approximate surface area is 131 Å². The maximum atomic E-state index is 12.2. The molecule has 1 aromatic rings. The number of carbonyl (C=O) groups is 2. The highest BCUT2D eigenvalue weighted by atomic mass is 79.9. The molecular weight excluding hydrogens is 342 g/mol. The number of hydrogen-bond acceptors (Lipinski definition) is 4. The van der Waals surface area contributed by atoms with E-state index < -0.39 is 0 Å². The molecular formula is C14H18BrNO3S. The molecule has 2 heterocycles. The number of anilines is 1. The highest BCUT2D eigenvalue weighted by Gasteiger charge is 2.35. The van der Waals surface area contributed by atoms with Crippen molar-refractivity contribution in [3.05, 3.63) is 16.0 Å². The summed E-state index contributed by atoms with van der Waals surface area (Å²) in [5.74, 6) is 0.0419. The highest BCUT2D eigenvalue weighted by molar-refractivity contribution is 9.09. The van der Waals surface area contributed by atoms with Crippen molar-refractivity contribution in [1.29, 1.82) is 0 Å². The van der Waals surface area contributed by atoms with Crippen LogP contribution in [0.5, 0.6) is 0 Å². The van der Waals surface area contributed by atoms with Crippen molar-refractivity contribution in [2.24, 2.45) is 5.92 Å². The first-order valence-corrected chi connectivity index (χ1v) is 8.54. The number of aryl methyl sites for hydroxylation is 1. The van der Waals surface area contributed by atoms with Crippen LogP contribution in [0.2, 0.25) is 0 Å². The van der Waals surface area contributed by atoms with Gasteiger partial charge in [0.2, 0.25) is 5.91 Å². The van der Waals surface area contributed by atoms with Crippen molar-refractivity contribution < 1.29 is 14.3 Å². The smallest absolute Gasteiger partial charge is 0.341 e. The van der Waals surface area contributed by atoms with Crippen LogP contribution in [0.15, 0.2) is 0 Å². The van der Waals surface area contributed by atoms with Gasteiger partial charge in [0.15, 0.2) is 0 Å². The molecule has 6 heteroatoms. The van der Waals surface area contributed by atoms with Crippen LogP contribution in [0.4, 0.5) is 5.00 Å². The van der Waals surface area contributed by atoms with E-state index in [1.54, 1.807) is 4.90 Å². The Hall–Kier alpha value is -0.880. The second-order valence-electron chi connectivity index (χ2n) is 4.89. The molecule has 1 aliphatic rings. The van der Waals surface area contributed by atoms with E-state index in [1.165, 1.54) is 18.4 Å². The maximum Gasteiger partial charge on any atom is 0.341 e. The molecule has 0 bridgehead atoms. The van der Waals surface area contributed by atoms with Crippen molar-refractivity contribution in [2.45, 2.75) is 26.7 Å². The Kier molecular flexibility index (Phi) is 4.86. The number of ether oxygens (including phenoxy) is 1. The Balaban J connectivity index is 2.46. The fourth-order valence-corrected chi connectivity index (χ4v) is 4.26. The van der Waals surface area contributed by atoms with E-state index in [0.717, 1.165) is 27.2 Å². The minimum atomic E-state index is -0.351. The fourth-order valence-electron chi connectivity index (χ4n) is 2.57. The molecule has 2 rings (SSSR count). The molecule has 1 fully saturated rings. The lowest BCUT2D eigenvalue weighted by Crippen LogP contribution is -2.25. The zero-order valence-electron chi connectivity index (χ0n) is 11.9. The summed E-state index contributed by atoms with van der Waals surface area (Å²) in [7, 11) is 1.38. The molecule has 0 N–H and O–H groups in total. The predicted octanol–water partition coefficient (Wildman–Crippen LogP) is 3.15. The Bertz CT molecular complexity index is 541. The molecule has 4 nitrogen and oxygen atoms in total. The highest BCUT2D eigenvalue weighted by Crippen LogP contribution is 2.39. The van der Waals surface area contributed by atoms with Crippen LogP contribution in [-0.4, -0.2) is 30.9 Å². The molecule has 1 saturated heterocycles. The lowest BCUT2D eigenvalue weighted by atomic mass is 10.1. The van der Waals surface area contributed by atoms with E-state index in [4.69, 9.17) is 4.74 Å². The topological polar surface area (TPSA) is 46.6 Å². The van der Waals surface area contributed by atoms with Crippen LogP contribution in [0.3, 0.4) is 0 Å². The third kappa shape index (κ3) is 2.63. The Morgan fingerprint density at radius 1 is 1.55 bits per heavy atom. The summed E-state index contributed by atoms with van der Waals surface area (Å²) in [5, 5.41) is 1.55. The number of thiophene rings is 1. The lowest BCUT2D eigenvalue weighted by molar-refractivity contribution is -0.117. The summed E-state index contributed by atoms with van der Waals surface area (Å²) in [5.41, 5.74) is 1.56. The summed E-state index contributed by atoms with van der Waals surface area (Å²) < 4.78 is 4.90. The number of carbonyl (C=O) groups excluding carboxylic acids is 2. The predicted molar refractivity (Wildman–Crippen MR) is 84.0 cm³/mol. The van der Waals surface area contributed by atoms with Crippen LogP contribution < -0.4 is 4.90 Å².